The Hall–Kier alpha value is -2.25. The zero-order valence-corrected chi connectivity index (χ0v) is 22.2. The van der Waals surface area contributed by atoms with Crippen molar-refractivity contribution in [2.24, 2.45) is 5.41 Å². The lowest BCUT2D eigenvalue weighted by atomic mass is 9.85. The summed E-state index contributed by atoms with van der Waals surface area (Å²) in [5, 5.41) is 9.04. The second-order valence-corrected chi connectivity index (χ2v) is 9.65. The minimum Gasteiger partial charge on any atom is -0.347 e. The zero-order valence-electron chi connectivity index (χ0n) is 22.2. The van der Waals surface area contributed by atoms with Crippen molar-refractivity contribution in [3.05, 3.63) is 35.4 Å². The number of rotatable bonds is 6. The number of hydrogen-bond donors (Lipinski definition) is 3. The third kappa shape index (κ3) is 8.20. The standard InChI is InChI=1S/C22H33N3O2.C3H7NO.C2H6/c1-22(2,3)19(23-4)21(27)25-14-8-13-18(25)20(26)24-17-12-7-10-15-9-5-6-11-16(15)17;1-4-2-3-5;1-2/h5-6,9,11,17-19,23H,7-8,10,12-14H2,1-4H3,(H,24,26);3-4H,2H2,1H3;1-2H3. The Kier molecular flexibility index (Phi) is 13.0. The van der Waals surface area contributed by atoms with E-state index in [1.807, 2.05) is 27.0 Å². The van der Waals surface area contributed by atoms with Crippen molar-refractivity contribution in [3.63, 3.8) is 0 Å². The third-order valence-corrected chi connectivity index (χ3v) is 6.21. The first kappa shape index (κ1) is 29.8. The van der Waals surface area contributed by atoms with Gasteiger partial charge in [-0.3, -0.25) is 9.59 Å². The summed E-state index contributed by atoms with van der Waals surface area (Å²) in [5.41, 5.74) is 2.37. The molecule has 1 heterocycles. The molecule has 3 atom stereocenters. The minimum atomic E-state index is -0.357. The largest absolute Gasteiger partial charge is 0.347 e. The molecule has 1 aliphatic heterocycles. The number of carbonyl (C=O) groups is 3. The highest BCUT2D eigenvalue weighted by atomic mass is 16.2. The van der Waals surface area contributed by atoms with Crippen molar-refractivity contribution in [2.75, 3.05) is 27.2 Å². The molecule has 7 heteroatoms. The van der Waals surface area contributed by atoms with E-state index in [4.69, 9.17) is 0 Å². The van der Waals surface area contributed by atoms with E-state index in [-0.39, 0.29) is 35.4 Å². The molecule has 3 rings (SSSR count). The van der Waals surface area contributed by atoms with Crippen LogP contribution in [0, 0.1) is 5.41 Å². The van der Waals surface area contributed by atoms with Crippen LogP contribution in [0.5, 0.6) is 0 Å². The van der Waals surface area contributed by atoms with E-state index < -0.39 is 0 Å². The average molecular weight is 475 g/mol. The predicted molar refractivity (Wildman–Crippen MR) is 139 cm³/mol. The summed E-state index contributed by atoms with van der Waals surface area (Å²) in [7, 11) is 3.55. The van der Waals surface area contributed by atoms with Gasteiger partial charge in [-0.15, -0.1) is 0 Å². The van der Waals surface area contributed by atoms with Crippen molar-refractivity contribution in [1.82, 2.24) is 20.9 Å². The Morgan fingerprint density at radius 2 is 1.79 bits per heavy atom. The molecular formula is C27H46N4O3. The second-order valence-electron chi connectivity index (χ2n) is 9.65. The molecule has 1 fully saturated rings. The van der Waals surface area contributed by atoms with Crippen LogP contribution in [0.25, 0.3) is 0 Å². The third-order valence-electron chi connectivity index (χ3n) is 6.21. The van der Waals surface area contributed by atoms with Crippen LogP contribution in [0.2, 0.25) is 0 Å². The molecule has 3 N–H and O–H groups in total. The molecule has 34 heavy (non-hydrogen) atoms. The summed E-state index contributed by atoms with van der Waals surface area (Å²) < 4.78 is 0. The molecule has 2 aliphatic rings. The van der Waals surface area contributed by atoms with Gasteiger partial charge < -0.3 is 25.6 Å². The van der Waals surface area contributed by atoms with Gasteiger partial charge in [-0.1, -0.05) is 58.9 Å². The molecule has 0 bridgehead atoms. The number of likely N-dealkylation sites (tertiary alicyclic amines) is 1. The van der Waals surface area contributed by atoms with Crippen LogP contribution >= 0.6 is 0 Å². The summed E-state index contributed by atoms with van der Waals surface area (Å²) >= 11 is 0. The maximum Gasteiger partial charge on any atom is 0.243 e. The van der Waals surface area contributed by atoms with E-state index in [0.29, 0.717) is 13.1 Å². The van der Waals surface area contributed by atoms with Crippen molar-refractivity contribution >= 4 is 18.1 Å². The fraction of sp³-hybridized carbons (Fsp3) is 0.667. The van der Waals surface area contributed by atoms with E-state index >= 15 is 0 Å². The molecule has 1 aliphatic carbocycles. The van der Waals surface area contributed by atoms with E-state index in [0.717, 1.165) is 38.4 Å². The van der Waals surface area contributed by atoms with Crippen LogP contribution < -0.4 is 16.0 Å². The number of hydrogen-bond acceptors (Lipinski definition) is 5. The molecule has 0 radical (unpaired) electrons. The van der Waals surface area contributed by atoms with E-state index in [1.54, 1.807) is 11.9 Å². The minimum absolute atomic E-state index is 0.00804. The van der Waals surface area contributed by atoms with Crippen molar-refractivity contribution in [2.45, 2.75) is 84.8 Å². The van der Waals surface area contributed by atoms with Crippen LogP contribution in [0.15, 0.2) is 24.3 Å². The lowest BCUT2D eigenvalue weighted by Crippen LogP contribution is -2.56. The SMILES string of the molecule is CC.CNC(C(=O)N1CCCC1C(=O)NC1CCCc2ccccc21)C(C)(C)C.CNCC=O. The Morgan fingerprint density at radius 3 is 2.35 bits per heavy atom. The number of amides is 2. The van der Waals surface area contributed by atoms with E-state index in [9.17, 15) is 14.4 Å². The van der Waals surface area contributed by atoms with Crippen LogP contribution in [0.3, 0.4) is 0 Å². The van der Waals surface area contributed by atoms with Gasteiger partial charge in [-0.2, -0.15) is 0 Å². The Labute approximate surface area is 206 Å². The molecular weight excluding hydrogens is 428 g/mol. The number of aryl methyl sites for hydroxylation is 1. The molecule has 7 nitrogen and oxygen atoms in total. The fourth-order valence-corrected chi connectivity index (χ4v) is 4.65. The fourth-order valence-electron chi connectivity index (χ4n) is 4.65. The smallest absolute Gasteiger partial charge is 0.243 e. The van der Waals surface area contributed by atoms with Crippen LogP contribution in [-0.4, -0.2) is 62.3 Å². The highest BCUT2D eigenvalue weighted by Gasteiger charge is 2.41. The summed E-state index contributed by atoms with van der Waals surface area (Å²) in [5.74, 6) is 0.0259. The van der Waals surface area contributed by atoms with Gasteiger partial charge in [0.2, 0.25) is 11.8 Å². The maximum absolute atomic E-state index is 13.1. The number of benzene rings is 1. The van der Waals surface area contributed by atoms with Gasteiger partial charge in [0.25, 0.3) is 0 Å². The number of likely N-dealkylation sites (N-methyl/N-ethyl adjacent to an activating group) is 2. The van der Waals surface area contributed by atoms with Crippen molar-refractivity contribution in [3.8, 4) is 0 Å². The highest BCUT2D eigenvalue weighted by Crippen LogP contribution is 2.31. The van der Waals surface area contributed by atoms with Crippen molar-refractivity contribution in [1.29, 1.82) is 0 Å². The topological polar surface area (TPSA) is 90.5 Å². The molecule has 0 saturated carbocycles. The summed E-state index contributed by atoms with van der Waals surface area (Å²) in [6.45, 7) is 11.3. The Morgan fingerprint density at radius 1 is 1.12 bits per heavy atom. The molecule has 0 aromatic heterocycles. The van der Waals surface area contributed by atoms with Gasteiger partial charge in [0.15, 0.2) is 0 Å². The monoisotopic (exact) mass is 474 g/mol. The Bertz CT molecular complexity index is 775. The average Bonchev–Trinajstić information content (AvgIpc) is 3.31. The number of nitrogens with zero attached hydrogens (tertiary/aromatic N) is 1. The summed E-state index contributed by atoms with van der Waals surface area (Å²) in [6, 6.07) is 7.78. The van der Waals surface area contributed by atoms with Gasteiger partial charge in [0.1, 0.15) is 12.3 Å². The molecule has 1 saturated heterocycles. The normalized spacial score (nSPS) is 20.0. The van der Waals surface area contributed by atoms with Gasteiger partial charge in [-0.05, 0) is 62.7 Å². The first-order valence-corrected chi connectivity index (χ1v) is 12.7. The molecule has 2 amide bonds. The second kappa shape index (κ2) is 14.9. The van der Waals surface area contributed by atoms with Crippen LogP contribution in [0.1, 0.15) is 77.5 Å². The molecule has 0 spiro atoms. The quantitative estimate of drug-likeness (QED) is 0.551. The Balaban J connectivity index is 0.000000733. The number of aldehydes is 1. The van der Waals surface area contributed by atoms with Gasteiger partial charge >= 0.3 is 0 Å². The lowest BCUT2D eigenvalue weighted by Gasteiger charge is -2.35. The number of nitrogens with one attached hydrogen (secondary N) is 3. The van der Waals surface area contributed by atoms with Gasteiger partial charge in [0.05, 0.1) is 18.6 Å². The van der Waals surface area contributed by atoms with Crippen LogP contribution in [0.4, 0.5) is 0 Å². The van der Waals surface area contributed by atoms with Gasteiger partial charge in [0, 0.05) is 6.54 Å². The molecule has 1 aromatic carbocycles. The molecule has 192 valence electrons. The van der Waals surface area contributed by atoms with Crippen molar-refractivity contribution < 1.29 is 14.4 Å². The molecule has 3 unspecified atom stereocenters. The van der Waals surface area contributed by atoms with Crippen LogP contribution in [-0.2, 0) is 20.8 Å². The molecule has 1 aromatic rings. The number of fused-ring (bicyclic) bond motifs is 1. The lowest BCUT2D eigenvalue weighted by molar-refractivity contribution is -0.142. The number of carbonyl (C=O) groups excluding carboxylic acids is 3. The first-order valence-electron chi connectivity index (χ1n) is 12.7. The van der Waals surface area contributed by atoms with Gasteiger partial charge in [-0.25, -0.2) is 0 Å². The van der Waals surface area contributed by atoms with E-state index in [2.05, 4.69) is 54.9 Å². The predicted octanol–water partition coefficient (Wildman–Crippen LogP) is 3.24. The van der Waals surface area contributed by atoms with E-state index in [1.165, 1.54) is 11.1 Å². The first-order chi connectivity index (χ1) is 16.2. The summed E-state index contributed by atoms with van der Waals surface area (Å²) in [6.07, 6.45) is 5.57. The zero-order chi connectivity index (χ0) is 25.7. The maximum atomic E-state index is 13.1. The summed E-state index contributed by atoms with van der Waals surface area (Å²) in [4.78, 5) is 37.3. The highest BCUT2D eigenvalue weighted by molar-refractivity contribution is 5.91.